The zero-order valence-electron chi connectivity index (χ0n) is 12.4. The van der Waals surface area contributed by atoms with Gasteiger partial charge in [-0.3, -0.25) is 14.2 Å². The average Bonchev–Trinajstić information content (AvgIpc) is 2.58. The number of hydrogen-bond donors (Lipinski definition) is 1. The summed E-state index contributed by atoms with van der Waals surface area (Å²) in [4.78, 5) is 34.8. The summed E-state index contributed by atoms with van der Waals surface area (Å²) in [7, 11) is 0. The maximum absolute atomic E-state index is 11.8. The van der Waals surface area contributed by atoms with Gasteiger partial charge in [0, 0.05) is 11.1 Å². The number of hydrogen-bond acceptors (Lipinski definition) is 5. The molecule has 0 aliphatic heterocycles. The van der Waals surface area contributed by atoms with Gasteiger partial charge in [0.15, 0.2) is 0 Å². The molecule has 0 fully saturated rings. The highest BCUT2D eigenvalue weighted by molar-refractivity contribution is 7.07. The maximum atomic E-state index is 11.8. The molecule has 1 atom stereocenters. The number of ether oxygens (including phenoxy) is 1. The second-order valence-electron chi connectivity index (χ2n) is 5.55. The van der Waals surface area contributed by atoms with E-state index in [4.69, 9.17) is 4.74 Å². The molecule has 20 heavy (non-hydrogen) atoms. The van der Waals surface area contributed by atoms with Gasteiger partial charge in [0.2, 0.25) is 5.91 Å². The van der Waals surface area contributed by atoms with E-state index in [1.54, 1.807) is 40.0 Å². The van der Waals surface area contributed by atoms with Crippen LogP contribution in [0.1, 0.15) is 33.4 Å². The highest BCUT2D eigenvalue weighted by Crippen LogP contribution is 2.08. The zero-order chi connectivity index (χ0) is 15.5. The van der Waals surface area contributed by atoms with E-state index in [-0.39, 0.29) is 11.4 Å². The summed E-state index contributed by atoms with van der Waals surface area (Å²) in [5.74, 6) is -0.896. The maximum Gasteiger partial charge on any atom is 0.328 e. The van der Waals surface area contributed by atoms with E-state index in [1.165, 1.54) is 4.57 Å². The Balaban J connectivity index is 2.59. The van der Waals surface area contributed by atoms with Crippen molar-refractivity contribution < 1.29 is 14.3 Å². The fourth-order valence-electron chi connectivity index (χ4n) is 1.48. The molecule has 0 saturated carbocycles. The minimum atomic E-state index is -0.753. The Morgan fingerprint density at radius 3 is 2.50 bits per heavy atom. The van der Waals surface area contributed by atoms with Crippen LogP contribution in [-0.4, -0.2) is 28.1 Å². The van der Waals surface area contributed by atoms with Crippen molar-refractivity contribution in [1.29, 1.82) is 0 Å². The van der Waals surface area contributed by atoms with Gasteiger partial charge < -0.3 is 10.1 Å². The lowest BCUT2D eigenvalue weighted by Gasteiger charge is -2.22. The fourth-order valence-corrected chi connectivity index (χ4v) is 2.21. The van der Waals surface area contributed by atoms with Crippen molar-refractivity contribution in [2.75, 3.05) is 0 Å². The summed E-state index contributed by atoms with van der Waals surface area (Å²) in [6.45, 7) is 8.48. The topological polar surface area (TPSA) is 77.4 Å². The van der Waals surface area contributed by atoms with Crippen LogP contribution in [0.2, 0.25) is 0 Å². The first-order valence-electron chi connectivity index (χ1n) is 6.27. The third-order valence-electron chi connectivity index (χ3n) is 2.42. The first-order chi connectivity index (χ1) is 9.10. The number of carbonyl (C=O) groups is 2. The summed E-state index contributed by atoms with van der Waals surface area (Å²) < 4.78 is 6.53. The first kappa shape index (κ1) is 16.4. The molecule has 0 spiro atoms. The molecular formula is C13H20N2O4S. The number of nitrogens with zero attached hydrogens (tertiary/aromatic N) is 1. The predicted molar refractivity (Wildman–Crippen MR) is 76.8 cm³/mol. The van der Waals surface area contributed by atoms with Gasteiger partial charge in [0.1, 0.15) is 18.2 Å². The predicted octanol–water partition coefficient (Wildman–Crippen LogP) is 1.06. The highest BCUT2D eigenvalue weighted by atomic mass is 32.1. The van der Waals surface area contributed by atoms with Crippen LogP contribution in [0.4, 0.5) is 0 Å². The van der Waals surface area contributed by atoms with Crippen molar-refractivity contribution >= 4 is 23.2 Å². The molecule has 7 heteroatoms. The van der Waals surface area contributed by atoms with E-state index < -0.39 is 23.5 Å². The number of aryl methyl sites for hydroxylation is 1. The van der Waals surface area contributed by atoms with Crippen LogP contribution in [0.5, 0.6) is 0 Å². The number of esters is 1. The molecule has 0 saturated heterocycles. The van der Waals surface area contributed by atoms with E-state index in [9.17, 15) is 14.4 Å². The molecule has 1 amide bonds. The van der Waals surface area contributed by atoms with Crippen LogP contribution in [0.3, 0.4) is 0 Å². The monoisotopic (exact) mass is 300 g/mol. The highest BCUT2D eigenvalue weighted by Gasteiger charge is 2.23. The Hall–Kier alpha value is -1.63. The molecule has 0 unspecified atom stereocenters. The van der Waals surface area contributed by atoms with Crippen LogP contribution < -0.4 is 10.2 Å². The Morgan fingerprint density at radius 1 is 1.45 bits per heavy atom. The molecule has 0 bridgehead atoms. The number of amides is 1. The lowest BCUT2D eigenvalue weighted by Crippen LogP contribution is -2.44. The molecule has 0 aromatic carbocycles. The van der Waals surface area contributed by atoms with Crippen molar-refractivity contribution in [3.8, 4) is 0 Å². The lowest BCUT2D eigenvalue weighted by molar-refractivity contribution is -0.158. The molecule has 0 aliphatic rings. The molecule has 0 radical (unpaired) electrons. The lowest BCUT2D eigenvalue weighted by atomic mass is 10.2. The van der Waals surface area contributed by atoms with Crippen molar-refractivity contribution in [2.45, 2.75) is 52.8 Å². The minimum absolute atomic E-state index is 0.0959. The van der Waals surface area contributed by atoms with Crippen LogP contribution in [0.25, 0.3) is 0 Å². The third-order valence-corrected chi connectivity index (χ3v) is 3.30. The number of thiazole rings is 1. The largest absolute Gasteiger partial charge is 0.458 e. The number of rotatable bonds is 4. The minimum Gasteiger partial charge on any atom is -0.458 e. The molecule has 1 heterocycles. The van der Waals surface area contributed by atoms with Crippen molar-refractivity contribution in [3.63, 3.8) is 0 Å². The molecule has 6 nitrogen and oxygen atoms in total. The van der Waals surface area contributed by atoms with Crippen molar-refractivity contribution in [3.05, 3.63) is 20.7 Å². The Morgan fingerprint density at radius 2 is 2.05 bits per heavy atom. The van der Waals surface area contributed by atoms with E-state index in [2.05, 4.69) is 5.32 Å². The van der Waals surface area contributed by atoms with Gasteiger partial charge in [-0.2, -0.15) is 0 Å². The molecule has 1 N–H and O–H groups in total. The third kappa shape index (κ3) is 4.80. The van der Waals surface area contributed by atoms with Crippen molar-refractivity contribution in [2.24, 2.45) is 0 Å². The van der Waals surface area contributed by atoms with E-state index in [0.29, 0.717) is 0 Å². The van der Waals surface area contributed by atoms with Gasteiger partial charge in [-0.25, -0.2) is 4.79 Å². The SMILES string of the molecule is Cc1csc(=O)n1CC(=O)N[C@H](C)C(=O)OC(C)(C)C. The van der Waals surface area contributed by atoms with E-state index in [0.717, 1.165) is 17.0 Å². The summed E-state index contributed by atoms with van der Waals surface area (Å²) in [5, 5.41) is 4.21. The Labute approximate surface area is 121 Å². The van der Waals surface area contributed by atoms with Crippen LogP contribution in [0, 0.1) is 6.92 Å². The summed E-state index contributed by atoms with van der Waals surface area (Å²) in [6, 6.07) is -0.753. The van der Waals surface area contributed by atoms with Gasteiger partial charge in [0.25, 0.3) is 0 Å². The average molecular weight is 300 g/mol. The van der Waals surface area contributed by atoms with Crippen LogP contribution in [-0.2, 0) is 20.9 Å². The van der Waals surface area contributed by atoms with Gasteiger partial charge in [-0.1, -0.05) is 11.3 Å². The first-order valence-corrected chi connectivity index (χ1v) is 7.15. The molecule has 1 aromatic heterocycles. The van der Waals surface area contributed by atoms with Crippen molar-refractivity contribution in [1.82, 2.24) is 9.88 Å². The van der Waals surface area contributed by atoms with Gasteiger partial charge in [-0.15, -0.1) is 0 Å². The van der Waals surface area contributed by atoms with E-state index >= 15 is 0 Å². The quantitative estimate of drug-likeness (QED) is 0.844. The van der Waals surface area contributed by atoms with Gasteiger partial charge in [-0.05, 0) is 34.6 Å². The Bertz CT molecular complexity index is 553. The fraction of sp³-hybridized carbons (Fsp3) is 0.615. The van der Waals surface area contributed by atoms with Crippen LogP contribution in [0.15, 0.2) is 10.2 Å². The molecule has 112 valence electrons. The molecule has 1 rings (SSSR count). The summed E-state index contributed by atoms with van der Waals surface area (Å²) >= 11 is 1.04. The number of aromatic nitrogens is 1. The Kier molecular flexibility index (Phi) is 5.10. The van der Waals surface area contributed by atoms with Gasteiger partial charge in [0.05, 0.1) is 0 Å². The summed E-state index contributed by atoms with van der Waals surface area (Å²) in [6.07, 6.45) is 0. The molecular weight excluding hydrogens is 280 g/mol. The van der Waals surface area contributed by atoms with Crippen LogP contribution >= 0.6 is 11.3 Å². The van der Waals surface area contributed by atoms with Gasteiger partial charge >= 0.3 is 10.8 Å². The second-order valence-corrected chi connectivity index (χ2v) is 6.37. The summed E-state index contributed by atoms with van der Waals surface area (Å²) in [5.41, 5.74) is 0.122. The standard InChI is InChI=1S/C13H20N2O4S/c1-8-7-20-12(18)15(8)6-10(16)14-9(2)11(17)19-13(3,4)5/h7,9H,6H2,1-5H3,(H,14,16)/t9-/m1/s1. The number of nitrogens with one attached hydrogen (secondary N) is 1. The molecule has 0 aliphatic carbocycles. The second kappa shape index (κ2) is 6.21. The molecule has 1 aromatic rings. The zero-order valence-corrected chi connectivity index (χ0v) is 13.2. The number of carbonyl (C=O) groups excluding carboxylic acids is 2. The smallest absolute Gasteiger partial charge is 0.328 e. The normalized spacial score (nSPS) is 12.8. The van der Waals surface area contributed by atoms with E-state index in [1.807, 2.05) is 0 Å².